The van der Waals surface area contributed by atoms with Gasteiger partial charge in [0.25, 0.3) is 5.91 Å². The number of nitrogens with one attached hydrogen (secondary N) is 1. The minimum atomic E-state index is -0.527. The van der Waals surface area contributed by atoms with Crippen LogP contribution in [-0.2, 0) is 17.8 Å². The summed E-state index contributed by atoms with van der Waals surface area (Å²) in [6.07, 6.45) is 7.22. The summed E-state index contributed by atoms with van der Waals surface area (Å²) in [5.74, 6) is -0.527. The summed E-state index contributed by atoms with van der Waals surface area (Å²) in [4.78, 5) is 18.5. The SMILES string of the molecule is C/C=C(/CCN1CCc2ccc(/C=C/C(=O)NO)cc2C1)C(=NCC)c1ccccc1.CC. The van der Waals surface area contributed by atoms with Gasteiger partial charge in [-0.2, -0.15) is 0 Å². The Morgan fingerprint density at radius 3 is 2.58 bits per heavy atom. The fourth-order valence-electron chi connectivity index (χ4n) is 3.95. The minimum absolute atomic E-state index is 0.527. The van der Waals surface area contributed by atoms with Crippen molar-refractivity contribution < 1.29 is 10.0 Å². The van der Waals surface area contributed by atoms with Crippen LogP contribution in [0.25, 0.3) is 6.08 Å². The van der Waals surface area contributed by atoms with Crippen molar-refractivity contribution in [2.45, 2.75) is 47.1 Å². The van der Waals surface area contributed by atoms with Crippen LogP contribution in [0.15, 0.2) is 71.2 Å². The van der Waals surface area contributed by atoms with Crippen molar-refractivity contribution in [2.24, 2.45) is 4.99 Å². The number of aliphatic imine (C=N–C) groups is 1. The third kappa shape index (κ3) is 7.81. The average molecular weight is 448 g/mol. The number of nitrogens with zero attached hydrogens (tertiary/aromatic N) is 2. The predicted molar refractivity (Wildman–Crippen MR) is 138 cm³/mol. The zero-order valence-electron chi connectivity index (χ0n) is 20.3. The lowest BCUT2D eigenvalue weighted by molar-refractivity contribution is -0.124. The number of hydrogen-bond donors (Lipinski definition) is 2. The van der Waals surface area contributed by atoms with Gasteiger partial charge in [-0.05, 0) is 60.6 Å². The number of benzene rings is 2. The van der Waals surface area contributed by atoms with Crippen LogP contribution in [0, 0.1) is 0 Å². The van der Waals surface area contributed by atoms with E-state index in [1.807, 2.05) is 26.0 Å². The Morgan fingerprint density at radius 1 is 1.15 bits per heavy atom. The van der Waals surface area contributed by atoms with Crippen LogP contribution in [-0.4, -0.2) is 41.4 Å². The molecule has 0 saturated carbocycles. The summed E-state index contributed by atoms with van der Waals surface area (Å²) in [7, 11) is 0. The maximum atomic E-state index is 11.2. The number of fused-ring (bicyclic) bond motifs is 1. The number of hydrogen-bond acceptors (Lipinski definition) is 4. The second-order valence-corrected chi connectivity index (χ2v) is 7.62. The fraction of sp³-hybridized carbons (Fsp3) is 0.357. The lowest BCUT2D eigenvalue weighted by Gasteiger charge is -2.29. The van der Waals surface area contributed by atoms with E-state index in [2.05, 4.69) is 61.2 Å². The summed E-state index contributed by atoms with van der Waals surface area (Å²) in [6.45, 7) is 11.8. The lowest BCUT2D eigenvalue weighted by atomic mass is 9.95. The standard InChI is InChI=1S/C26H31N3O2.C2H6/c1-3-21(26(27-4-2)23-8-6-5-7-9-23)14-16-29-17-15-22-12-10-20(18-24(22)19-29)11-13-25(30)28-31;1-2/h3,5-13,18,31H,4,14-17,19H2,1-2H3,(H,28,30);1-2H3/b13-11+,21-3-,27-26?;. The van der Waals surface area contributed by atoms with E-state index in [-0.39, 0.29) is 0 Å². The topological polar surface area (TPSA) is 64.9 Å². The Balaban J connectivity index is 0.00000187. The van der Waals surface area contributed by atoms with Gasteiger partial charge in [0, 0.05) is 32.3 Å². The first-order valence-corrected chi connectivity index (χ1v) is 11.9. The van der Waals surface area contributed by atoms with E-state index in [0.717, 1.165) is 50.3 Å². The monoisotopic (exact) mass is 447 g/mol. The molecule has 0 aliphatic carbocycles. The van der Waals surface area contributed by atoms with E-state index < -0.39 is 5.91 Å². The molecule has 1 heterocycles. The quantitative estimate of drug-likeness (QED) is 0.245. The Morgan fingerprint density at radius 2 is 1.91 bits per heavy atom. The largest absolute Gasteiger partial charge is 0.298 e. The summed E-state index contributed by atoms with van der Waals surface area (Å²) >= 11 is 0. The molecule has 176 valence electrons. The molecular weight excluding hydrogens is 410 g/mol. The predicted octanol–water partition coefficient (Wildman–Crippen LogP) is 5.44. The summed E-state index contributed by atoms with van der Waals surface area (Å²) in [5.41, 5.74) is 8.79. The Hall–Kier alpha value is -3.02. The van der Waals surface area contributed by atoms with Crippen molar-refractivity contribution in [3.8, 4) is 0 Å². The zero-order valence-corrected chi connectivity index (χ0v) is 20.3. The van der Waals surface area contributed by atoms with Crippen molar-refractivity contribution in [2.75, 3.05) is 19.6 Å². The van der Waals surface area contributed by atoms with Gasteiger partial charge in [-0.15, -0.1) is 0 Å². The van der Waals surface area contributed by atoms with Crippen molar-refractivity contribution in [3.63, 3.8) is 0 Å². The summed E-state index contributed by atoms with van der Waals surface area (Å²) in [6, 6.07) is 16.7. The van der Waals surface area contributed by atoms with Gasteiger partial charge in [-0.3, -0.25) is 19.9 Å². The molecule has 3 rings (SSSR count). The molecule has 0 saturated heterocycles. The number of carbonyl (C=O) groups excluding carboxylic acids is 1. The van der Waals surface area contributed by atoms with Gasteiger partial charge >= 0.3 is 0 Å². The van der Waals surface area contributed by atoms with Crippen LogP contribution in [0.2, 0.25) is 0 Å². The number of carbonyl (C=O) groups is 1. The Kier molecular flexibility index (Phi) is 11.3. The van der Waals surface area contributed by atoms with Gasteiger partial charge in [-0.25, -0.2) is 5.48 Å². The fourth-order valence-corrected chi connectivity index (χ4v) is 3.95. The first-order valence-electron chi connectivity index (χ1n) is 11.9. The van der Waals surface area contributed by atoms with Gasteiger partial charge in [0.2, 0.25) is 0 Å². The van der Waals surface area contributed by atoms with E-state index in [1.54, 1.807) is 11.6 Å². The highest BCUT2D eigenvalue weighted by molar-refractivity contribution is 6.12. The Bertz CT molecular complexity index is 978. The van der Waals surface area contributed by atoms with Crippen LogP contribution in [0.1, 0.15) is 56.4 Å². The molecule has 0 radical (unpaired) electrons. The summed E-state index contributed by atoms with van der Waals surface area (Å²) < 4.78 is 0. The molecule has 5 heteroatoms. The molecule has 2 aromatic carbocycles. The van der Waals surface area contributed by atoms with Crippen LogP contribution in [0.5, 0.6) is 0 Å². The molecule has 1 aliphatic rings. The Labute approximate surface area is 198 Å². The maximum absolute atomic E-state index is 11.2. The first-order chi connectivity index (χ1) is 16.1. The van der Waals surface area contributed by atoms with E-state index in [1.165, 1.54) is 28.3 Å². The van der Waals surface area contributed by atoms with E-state index >= 15 is 0 Å². The average Bonchev–Trinajstić information content (AvgIpc) is 2.88. The van der Waals surface area contributed by atoms with E-state index in [0.29, 0.717) is 0 Å². The summed E-state index contributed by atoms with van der Waals surface area (Å²) in [5, 5.41) is 8.64. The molecule has 0 aromatic heterocycles. The van der Waals surface area contributed by atoms with Crippen LogP contribution in [0.3, 0.4) is 0 Å². The molecule has 1 amide bonds. The highest BCUT2D eigenvalue weighted by Gasteiger charge is 2.17. The lowest BCUT2D eigenvalue weighted by Crippen LogP contribution is -2.32. The molecule has 2 N–H and O–H groups in total. The van der Waals surface area contributed by atoms with Crippen LogP contribution < -0.4 is 5.48 Å². The minimum Gasteiger partial charge on any atom is -0.298 e. The molecular formula is C28H37N3O2. The van der Waals surface area contributed by atoms with Crippen LogP contribution in [0.4, 0.5) is 0 Å². The van der Waals surface area contributed by atoms with Crippen molar-refractivity contribution in [3.05, 3.63) is 88.5 Å². The normalized spacial score (nSPS) is 14.5. The van der Waals surface area contributed by atoms with Crippen molar-refractivity contribution in [1.29, 1.82) is 0 Å². The third-order valence-electron chi connectivity index (χ3n) is 5.57. The number of allylic oxidation sites excluding steroid dienone is 1. The van der Waals surface area contributed by atoms with Gasteiger partial charge in [0.1, 0.15) is 0 Å². The highest BCUT2D eigenvalue weighted by atomic mass is 16.5. The zero-order chi connectivity index (χ0) is 24.1. The molecule has 5 nitrogen and oxygen atoms in total. The van der Waals surface area contributed by atoms with Gasteiger partial charge in [0.05, 0.1) is 5.71 Å². The first kappa shape index (κ1) is 26.2. The molecule has 0 unspecified atom stereocenters. The number of rotatable bonds is 8. The van der Waals surface area contributed by atoms with Crippen molar-refractivity contribution in [1.82, 2.24) is 10.4 Å². The molecule has 0 fully saturated rings. The smallest absolute Gasteiger partial charge is 0.267 e. The molecule has 0 atom stereocenters. The van der Waals surface area contributed by atoms with E-state index in [4.69, 9.17) is 10.2 Å². The van der Waals surface area contributed by atoms with Gasteiger partial charge < -0.3 is 0 Å². The third-order valence-corrected chi connectivity index (χ3v) is 5.57. The molecule has 33 heavy (non-hydrogen) atoms. The van der Waals surface area contributed by atoms with E-state index in [9.17, 15) is 4.79 Å². The molecule has 2 aromatic rings. The molecule has 0 spiro atoms. The van der Waals surface area contributed by atoms with Gasteiger partial charge in [0.15, 0.2) is 0 Å². The maximum Gasteiger partial charge on any atom is 0.267 e. The molecule has 0 bridgehead atoms. The second-order valence-electron chi connectivity index (χ2n) is 7.62. The number of hydroxylamine groups is 1. The van der Waals surface area contributed by atoms with Gasteiger partial charge in [-0.1, -0.05) is 68.5 Å². The second kappa shape index (κ2) is 14.2. The number of amides is 1. The molecule has 1 aliphatic heterocycles. The van der Waals surface area contributed by atoms with Crippen LogP contribution >= 0.6 is 0 Å². The van der Waals surface area contributed by atoms with Crippen molar-refractivity contribution >= 4 is 17.7 Å². The highest BCUT2D eigenvalue weighted by Crippen LogP contribution is 2.22.